The Bertz CT molecular complexity index is 619. The van der Waals surface area contributed by atoms with Crippen LogP contribution in [0.4, 0.5) is 13.2 Å². The van der Waals surface area contributed by atoms with Crippen molar-refractivity contribution < 1.29 is 13.2 Å². The molecule has 2 aromatic rings. The summed E-state index contributed by atoms with van der Waals surface area (Å²) < 4.78 is 39.2. The molecule has 0 aromatic heterocycles. The molecule has 0 bridgehead atoms. The van der Waals surface area contributed by atoms with Crippen LogP contribution in [-0.2, 0) is 6.18 Å². The quantitative estimate of drug-likeness (QED) is 0.607. The van der Waals surface area contributed by atoms with Gasteiger partial charge in [0.1, 0.15) is 0 Å². The van der Waals surface area contributed by atoms with Crippen molar-refractivity contribution in [3.63, 3.8) is 0 Å². The smallest absolute Gasteiger partial charge is 0.166 e. The van der Waals surface area contributed by atoms with E-state index in [0.717, 1.165) is 6.07 Å². The van der Waals surface area contributed by atoms with Crippen molar-refractivity contribution in [2.75, 3.05) is 0 Å². The molecule has 0 heterocycles. The molecule has 0 aliphatic carbocycles. The molecule has 100 valence electrons. The highest BCUT2D eigenvalue weighted by Crippen LogP contribution is 2.41. The molecule has 0 aliphatic heterocycles. The first-order chi connectivity index (χ1) is 8.80. The van der Waals surface area contributed by atoms with Gasteiger partial charge < -0.3 is 0 Å². The summed E-state index contributed by atoms with van der Waals surface area (Å²) in [7, 11) is 0. The van der Waals surface area contributed by atoms with Crippen LogP contribution in [0.15, 0.2) is 36.4 Å². The van der Waals surface area contributed by atoms with Gasteiger partial charge in [0.15, 0.2) is 0 Å². The number of hydrogen-bond acceptors (Lipinski definition) is 0. The van der Waals surface area contributed by atoms with Crippen LogP contribution in [0.25, 0.3) is 11.1 Å². The summed E-state index contributed by atoms with van der Waals surface area (Å²) in [5, 5.41) is 0.353. The zero-order valence-electron chi connectivity index (χ0n) is 9.85. The van der Waals surface area contributed by atoms with E-state index >= 15 is 0 Å². The van der Waals surface area contributed by atoms with Crippen LogP contribution < -0.4 is 0 Å². The van der Waals surface area contributed by atoms with Gasteiger partial charge in [0.2, 0.25) is 0 Å². The highest BCUT2D eigenvalue weighted by Gasteiger charge is 2.34. The second-order valence-electron chi connectivity index (χ2n) is 4.15. The average Bonchev–Trinajstić information content (AvgIpc) is 2.32. The van der Waals surface area contributed by atoms with E-state index in [-0.39, 0.29) is 21.2 Å². The summed E-state index contributed by atoms with van der Waals surface area (Å²) in [5.41, 5.74) is 0.137. The van der Waals surface area contributed by atoms with E-state index in [1.807, 2.05) is 0 Å². The van der Waals surface area contributed by atoms with Crippen LogP contribution in [0.1, 0.15) is 11.1 Å². The molecule has 0 nitrogen and oxygen atoms in total. The maximum absolute atomic E-state index is 13.1. The summed E-state index contributed by atoms with van der Waals surface area (Å²) in [5.74, 6) is 0. The first-order valence-corrected chi connectivity index (χ1v) is 6.18. The van der Waals surface area contributed by atoms with E-state index in [0.29, 0.717) is 5.56 Å². The van der Waals surface area contributed by atoms with Gasteiger partial charge in [-0.05, 0) is 24.6 Å². The van der Waals surface area contributed by atoms with E-state index in [1.165, 1.54) is 18.2 Å². The molecule has 0 radical (unpaired) electrons. The van der Waals surface area contributed by atoms with Crippen LogP contribution in [0.3, 0.4) is 0 Å². The highest BCUT2D eigenvalue weighted by molar-refractivity contribution is 6.43. The molecule has 0 spiro atoms. The van der Waals surface area contributed by atoms with Crippen LogP contribution in [0, 0.1) is 6.92 Å². The second-order valence-corrected chi connectivity index (χ2v) is 4.93. The maximum Gasteiger partial charge on any atom is 0.417 e. The number of hydrogen-bond donors (Lipinski definition) is 0. The van der Waals surface area contributed by atoms with Crippen molar-refractivity contribution in [3.8, 4) is 11.1 Å². The Labute approximate surface area is 118 Å². The van der Waals surface area contributed by atoms with Crippen molar-refractivity contribution in [1.82, 2.24) is 0 Å². The SMILES string of the molecule is Cc1ccc(-c2cccc(Cl)c2Cl)c(C(F)(F)F)c1. The lowest BCUT2D eigenvalue weighted by molar-refractivity contribution is -0.137. The summed E-state index contributed by atoms with van der Waals surface area (Å²) >= 11 is 11.8. The van der Waals surface area contributed by atoms with E-state index < -0.39 is 11.7 Å². The molecule has 0 atom stereocenters. The molecule has 0 unspecified atom stereocenters. The summed E-state index contributed by atoms with van der Waals surface area (Å²) in [6, 6.07) is 8.76. The van der Waals surface area contributed by atoms with E-state index in [4.69, 9.17) is 23.2 Å². The molecule has 0 saturated carbocycles. The molecule has 0 saturated heterocycles. The third-order valence-electron chi connectivity index (χ3n) is 2.72. The Morgan fingerprint density at radius 1 is 0.947 bits per heavy atom. The van der Waals surface area contributed by atoms with Crippen LogP contribution >= 0.6 is 23.2 Å². The minimum Gasteiger partial charge on any atom is -0.166 e. The Kier molecular flexibility index (Phi) is 3.79. The van der Waals surface area contributed by atoms with Gasteiger partial charge in [-0.15, -0.1) is 0 Å². The van der Waals surface area contributed by atoms with Gasteiger partial charge in [-0.3, -0.25) is 0 Å². The minimum absolute atomic E-state index is 0.0330. The van der Waals surface area contributed by atoms with Crippen LogP contribution in [-0.4, -0.2) is 0 Å². The van der Waals surface area contributed by atoms with Gasteiger partial charge in [0.05, 0.1) is 15.6 Å². The predicted octanol–water partition coefficient (Wildman–Crippen LogP) is 5.99. The van der Waals surface area contributed by atoms with Gasteiger partial charge in [0.25, 0.3) is 0 Å². The molecule has 0 amide bonds. The number of halogens is 5. The third kappa shape index (κ3) is 2.88. The Balaban J connectivity index is 2.72. The Morgan fingerprint density at radius 3 is 2.26 bits per heavy atom. The van der Waals surface area contributed by atoms with Crippen molar-refractivity contribution in [1.29, 1.82) is 0 Å². The summed E-state index contributed by atoms with van der Waals surface area (Å²) in [4.78, 5) is 0. The monoisotopic (exact) mass is 304 g/mol. The van der Waals surface area contributed by atoms with Gasteiger partial charge >= 0.3 is 6.18 Å². The van der Waals surface area contributed by atoms with E-state index in [2.05, 4.69) is 0 Å². The number of alkyl halides is 3. The van der Waals surface area contributed by atoms with Crippen LogP contribution in [0.5, 0.6) is 0 Å². The molecular formula is C14H9Cl2F3. The molecule has 2 aromatic carbocycles. The first kappa shape index (κ1) is 14.2. The predicted molar refractivity (Wildman–Crippen MR) is 71.6 cm³/mol. The molecular weight excluding hydrogens is 296 g/mol. The largest absolute Gasteiger partial charge is 0.417 e. The van der Waals surface area contributed by atoms with Crippen molar-refractivity contribution in [3.05, 3.63) is 57.6 Å². The van der Waals surface area contributed by atoms with E-state index in [1.54, 1.807) is 19.1 Å². The summed E-state index contributed by atoms with van der Waals surface area (Å²) in [6.45, 7) is 1.61. The normalized spacial score (nSPS) is 11.7. The maximum atomic E-state index is 13.1. The fourth-order valence-electron chi connectivity index (χ4n) is 1.84. The first-order valence-electron chi connectivity index (χ1n) is 5.43. The van der Waals surface area contributed by atoms with Gasteiger partial charge in [0, 0.05) is 5.56 Å². The van der Waals surface area contributed by atoms with Gasteiger partial charge in [-0.25, -0.2) is 0 Å². The molecule has 19 heavy (non-hydrogen) atoms. The number of benzene rings is 2. The molecule has 5 heteroatoms. The Morgan fingerprint density at radius 2 is 1.63 bits per heavy atom. The van der Waals surface area contributed by atoms with Gasteiger partial charge in [-0.2, -0.15) is 13.2 Å². The standard InChI is InChI=1S/C14H9Cl2F3/c1-8-5-6-9(11(7-8)14(17,18)19)10-3-2-4-12(15)13(10)16/h2-7H,1H3. The molecule has 0 aliphatic rings. The van der Waals surface area contributed by atoms with Gasteiger partial charge in [-0.1, -0.05) is 53.0 Å². The minimum atomic E-state index is -4.44. The zero-order valence-corrected chi connectivity index (χ0v) is 11.4. The van der Waals surface area contributed by atoms with Crippen molar-refractivity contribution in [2.24, 2.45) is 0 Å². The fourth-order valence-corrected chi connectivity index (χ4v) is 2.24. The number of rotatable bonds is 1. The Hall–Kier alpha value is -1.19. The van der Waals surface area contributed by atoms with Crippen molar-refractivity contribution in [2.45, 2.75) is 13.1 Å². The molecule has 0 fully saturated rings. The third-order valence-corrected chi connectivity index (χ3v) is 3.54. The average molecular weight is 305 g/mol. The van der Waals surface area contributed by atoms with Crippen molar-refractivity contribution >= 4 is 23.2 Å². The van der Waals surface area contributed by atoms with E-state index in [9.17, 15) is 13.2 Å². The zero-order chi connectivity index (χ0) is 14.2. The molecule has 2 rings (SSSR count). The lowest BCUT2D eigenvalue weighted by Gasteiger charge is -2.15. The molecule has 0 N–H and O–H groups in total. The fraction of sp³-hybridized carbons (Fsp3) is 0.143. The number of aryl methyl sites for hydroxylation is 1. The topological polar surface area (TPSA) is 0 Å². The summed E-state index contributed by atoms with van der Waals surface area (Å²) in [6.07, 6.45) is -4.44. The second kappa shape index (κ2) is 5.06. The van der Waals surface area contributed by atoms with Crippen LogP contribution in [0.2, 0.25) is 10.0 Å². The lowest BCUT2D eigenvalue weighted by atomic mass is 9.97. The lowest BCUT2D eigenvalue weighted by Crippen LogP contribution is -2.07. The highest BCUT2D eigenvalue weighted by atomic mass is 35.5.